The quantitative estimate of drug-likeness (QED) is 0.529. The number of sulfonamides is 1. The van der Waals surface area contributed by atoms with Gasteiger partial charge in [-0.05, 0) is 65.3 Å². The lowest BCUT2D eigenvalue weighted by atomic mass is 9.83. The Morgan fingerprint density at radius 2 is 1.72 bits per heavy atom. The minimum atomic E-state index is -3.31. The molecule has 0 saturated carbocycles. The number of hydrogen-bond donors (Lipinski definition) is 2. The van der Waals surface area contributed by atoms with Gasteiger partial charge in [-0.25, -0.2) is 13.4 Å². The van der Waals surface area contributed by atoms with Crippen molar-refractivity contribution in [3.05, 3.63) is 71.4 Å². The molecule has 0 unspecified atom stereocenters. The van der Waals surface area contributed by atoms with E-state index < -0.39 is 10.0 Å². The van der Waals surface area contributed by atoms with Crippen LogP contribution in [0.1, 0.15) is 37.5 Å². The van der Waals surface area contributed by atoms with E-state index in [1.165, 1.54) is 0 Å². The fourth-order valence-corrected chi connectivity index (χ4v) is 4.08. The average molecular weight is 455 g/mol. The number of pyridine rings is 1. The number of nitrogens with zero attached hydrogens (tertiary/aromatic N) is 1. The molecule has 2 N–H and O–H groups in total. The van der Waals surface area contributed by atoms with Crippen LogP contribution in [0.15, 0.2) is 54.7 Å². The number of anilines is 1. The van der Waals surface area contributed by atoms with Crippen molar-refractivity contribution in [2.75, 3.05) is 18.1 Å². The summed E-state index contributed by atoms with van der Waals surface area (Å²) in [5.41, 5.74) is 4.87. The first kappa shape index (κ1) is 23.6. The molecule has 0 fully saturated rings. The van der Waals surface area contributed by atoms with Gasteiger partial charge in [0.25, 0.3) is 0 Å². The molecular formula is C25H30N2O4S. The number of aromatic hydroxyl groups is 1. The van der Waals surface area contributed by atoms with Gasteiger partial charge >= 0.3 is 0 Å². The minimum absolute atomic E-state index is 0.106. The van der Waals surface area contributed by atoms with Crippen LogP contribution in [0.5, 0.6) is 11.6 Å². The maximum atomic E-state index is 11.4. The molecule has 0 spiro atoms. The molecule has 7 heteroatoms. The number of rotatable bonds is 7. The number of aromatic nitrogens is 1. The van der Waals surface area contributed by atoms with Gasteiger partial charge in [0.15, 0.2) is 0 Å². The van der Waals surface area contributed by atoms with Gasteiger partial charge in [-0.2, -0.15) is 0 Å². The number of hydrogen-bond acceptors (Lipinski definition) is 5. The van der Waals surface area contributed by atoms with Crippen molar-refractivity contribution >= 4 is 15.7 Å². The highest BCUT2D eigenvalue weighted by atomic mass is 32.2. The third-order valence-corrected chi connectivity index (χ3v) is 5.86. The predicted octanol–water partition coefficient (Wildman–Crippen LogP) is 4.92. The summed E-state index contributed by atoms with van der Waals surface area (Å²) in [7, 11) is -1.74. The highest BCUT2D eigenvalue weighted by Gasteiger charge is 2.21. The van der Waals surface area contributed by atoms with Crippen LogP contribution in [0.25, 0.3) is 11.1 Å². The maximum absolute atomic E-state index is 11.4. The SMILES string of the molecule is COc1ncccc1-c1cc(C(C)(C)C)cc(CCc2ccc(NS(C)(=O)=O)cc2)c1O. The van der Waals surface area contributed by atoms with Crippen molar-refractivity contribution in [2.45, 2.75) is 39.0 Å². The number of ether oxygens (including phenoxy) is 1. The molecule has 170 valence electrons. The molecule has 1 aromatic heterocycles. The normalized spacial score (nSPS) is 11.9. The molecule has 0 atom stereocenters. The highest BCUT2D eigenvalue weighted by Crippen LogP contribution is 2.40. The van der Waals surface area contributed by atoms with Crippen LogP contribution in [0.4, 0.5) is 5.69 Å². The monoisotopic (exact) mass is 454 g/mol. The van der Waals surface area contributed by atoms with E-state index in [4.69, 9.17) is 4.74 Å². The number of nitrogens with one attached hydrogen (secondary N) is 1. The molecule has 3 rings (SSSR count). The Balaban J connectivity index is 1.94. The summed E-state index contributed by atoms with van der Waals surface area (Å²) in [5, 5.41) is 11.1. The molecule has 0 bridgehead atoms. The molecule has 0 radical (unpaired) electrons. The standard InChI is InChI=1S/C25H30N2O4S/c1-25(2,3)19-15-18(11-8-17-9-12-20(13-10-17)27-32(5,29)30)23(28)22(16-19)21-7-6-14-26-24(21)31-4/h6-7,9-10,12-16,27-28H,8,11H2,1-5H3. The molecule has 0 amide bonds. The van der Waals surface area contributed by atoms with E-state index in [1.807, 2.05) is 30.3 Å². The van der Waals surface area contributed by atoms with Gasteiger partial charge in [0.1, 0.15) is 5.75 Å². The fraction of sp³-hybridized carbons (Fsp3) is 0.320. The average Bonchev–Trinajstić information content (AvgIpc) is 2.72. The summed E-state index contributed by atoms with van der Waals surface area (Å²) in [6, 6.07) is 15.1. The van der Waals surface area contributed by atoms with E-state index in [9.17, 15) is 13.5 Å². The molecule has 0 saturated heterocycles. The second kappa shape index (κ2) is 9.20. The Kier molecular flexibility index (Phi) is 6.79. The zero-order valence-electron chi connectivity index (χ0n) is 19.1. The lowest BCUT2D eigenvalue weighted by Crippen LogP contribution is -2.12. The summed E-state index contributed by atoms with van der Waals surface area (Å²) < 4.78 is 30.7. The Morgan fingerprint density at radius 1 is 1.03 bits per heavy atom. The van der Waals surface area contributed by atoms with Gasteiger partial charge in [-0.3, -0.25) is 4.72 Å². The van der Waals surface area contributed by atoms with E-state index in [2.05, 4.69) is 36.5 Å². The minimum Gasteiger partial charge on any atom is -0.507 e. The molecule has 3 aromatic rings. The molecule has 0 aliphatic carbocycles. The fourth-order valence-electron chi connectivity index (χ4n) is 3.51. The maximum Gasteiger partial charge on any atom is 0.229 e. The topological polar surface area (TPSA) is 88.5 Å². The first-order valence-electron chi connectivity index (χ1n) is 10.4. The van der Waals surface area contributed by atoms with Crippen molar-refractivity contribution in [2.24, 2.45) is 0 Å². The molecular weight excluding hydrogens is 424 g/mol. The van der Waals surface area contributed by atoms with Gasteiger partial charge in [-0.15, -0.1) is 0 Å². The molecule has 6 nitrogen and oxygen atoms in total. The molecule has 0 aliphatic rings. The Hall–Kier alpha value is -3.06. The summed E-state index contributed by atoms with van der Waals surface area (Å²) in [6.45, 7) is 6.42. The van der Waals surface area contributed by atoms with Crippen molar-refractivity contribution in [1.82, 2.24) is 4.98 Å². The van der Waals surface area contributed by atoms with Crippen LogP contribution in [0, 0.1) is 0 Å². The number of aryl methyl sites for hydroxylation is 2. The summed E-state index contributed by atoms with van der Waals surface area (Å²) in [6.07, 6.45) is 4.12. The van der Waals surface area contributed by atoms with E-state index in [0.29, 0.717) is 30.0 Å². The second-order valence-corrected chi connectivity index (χ2v) is 10.7. The van der Waals surface area contributed by atoms with Gasteiger partial charge in [0.05, 0.1) is 13.4 Å². The third kappa shape index (κ3) is 5.79. The van der Waals surface area contributed by atoms with Crippen LogP contribution in [-0.2, 0) is 28.3 Å². The van der Waals surface area contributed by atoms with Gasteiger partial charge in [0, 0.05) is 23.0 Å². The predicted molar refractivity (Wildman–Crippen MR) is 129 cm³/mol. The zero-order valence-corrected chi connectivity index (χ0v) is 20.0. The first-order valence-corrected chi connectivity index (χ1v) is 12.3. The summed E-state index contributed by atoms with van der Waals surface area (Å²) in [4.78, 5) is 4.28. The van der Waals surface area contributed by atoms with Crippen molar-refractivity contribution in [3.63, 3.8) is 0 Å². The van der Waals surface area contributed by atoms with Crippen LogP contribution in [0.2, 0.25) is 0 Å². The lowest BCUT2D eigenvalue weighted by Gasteiger charge is -2.23. The van der Waals surface area contributed by atoms with Crippen LogP contribution < -0.4 is 9.46 Å². The smallest absolute Gasteiger partial charge is 0.229 e. The molecule has 32 heavy (non-hydrogen) atoms. The van der Waals surface area contributed by atoms with Crippen LogP contribution in [0.3, 0.4) is 0 Å². The first-order chi connectivity index (χ1) is 15.0. The van der Waals surface area contributed by atoms with Crippen molar-refractivity contribution < 1.29 is 18.3 Å². The Labute approximate surface area is 190 Å². The summed E-state index contributed by atoms with van der Waals surface area (Å²) >= 11 is 0. The van der Waals surface area contributed by atoms with Gasteiger partial charge in [0.2, 0.25) is 15.9 Å². The number of phenolic OH excluding ortho intramolecular Hbond substituents is 1. The lowest BCUT2D eigenvalue weighted by molar-refractivity contribution is 0.399. The van der Waals surface area contributed by atoms with E-state index in [1.54, 1.807) is 25.4 Å². The van der Waals surface area contributed by atoms with Crippen LogP contribution >= 0.6 is 0 Å². The molecule has 0 aliphatic heterocycles. The number of methoxy groups -OCH3 is 1. The van der Waals surface area contributed by atoms with Gasteiger partial charge < -0.3 is 9.84 Å². The summed E-state index contributed by atoms with van der Waals surface area (Å²) in [5.74, 6) is 0.688. The Bertz CT molecular complexity index is 1200. The van der Waals surface area contributed by atoms with Gasteiger partial charge in [-0.1, -0.05) is 39.0 Å². The largest absolute Gasteiger partial charge is 0.507 e. The van der Waals surface area contributed by atoms with Crippen molar-refractivity contribution in [1.29, 1.82) is 0 Å². The molecule has 2 aromatic carbocycles. The zero-order chi connectivity index (χ0) is 23.5. The number of phenols is 1. The highest BCUT2D eigenvalue weighted by molar-refractivity contribution is 7.92. The third-order valence-electron chi connectivity index (χ3n) is 5.25. The molecule has 1 heterocycles. The second-order valence-electron chi connectivity index (χ2n) is 8.91. The Morgan fingerprint density at radius 3 is 2.31 bits per heavy atom. The van der Waals surface area contributed by atoms with E-state index >= 15 is 0 Å². The van der Waals surface area contributed by atoms with Crippen molar-refractivity contribution in [3.8, 4) is 22.8 Å². The van der Waals surface area contributed by atoms with E-state index in [0.717, 1.165) is 28.5 Å². The van der Waals surface area contributed by atoms with Crippen LogP contribution in [-0.4, -0.2) is 31.9 Å². The van der Waals surface area contributed by atoms with E-state index in [-0.39, 0.29) is 11.2 Å². The number of benzene rings is 2.